The highest BCUT2D eigenvalue weighted by molar-refractivity contribution is 5.83. The van der Waals surface area contributed by atoms with Crippen LogP contribution in [-0.4, -0.2) is 11.9 Å². The number of hydrogen-bond donors (Lipinski definition) is 0. The van der Waals surface area contributed by atoms with E-state index in [1.807, 2.05) is 6.92 Å². The van der Waals surface area contributed by atoms with Gasteiger partial charge in [-0.25, -0.2) is 0 Å². The van der Waals surface area contributed by atoms with Crippen molar-refractivity contribution in [3.63, 3.8) is 0 Å². The van der Waals surface area contributed by atoms with E-state index in [0.29, 0.717) is 23.2 Å². The van der Waals surface area contributed by atoms with Crippen LogP contribution in [0.2, 0.25) is 0 Å². The third-order valence-corrected chi connectivity index (χ3v) is 10.8. The predicted molar refractivity (Wildman–Crippen MR) is 126 cm³/mol. The van der Waals surface area contributed by atoms with Gasteiger partial charge in [0.15, 0.2) is 0 Å². The highest BCUT2D eigenvalue weighted by atomic mass is 16.5. The molecule has 0 aromatic heterocycles. The number of rotatable bonds is 4. The van der Waals surface area contributed by atoms with E-state index in [-0.39, 0.29) is 10.8 Å². The summed E-state index contributed by atoms with van der Waals surface area (Å²) in [6.07, 6.45) is 12.6. The summed E-state index contributed by atoms with van der Waals surface area (Å²) in [6, 6.07) is 10.6. The van der Waals surface area contributed by atoms with Crippen LogP contribution in [0, 0.1) is 34.0 Å². The van der Waals surface area contributed by atoms with Gasteiger partial charge in [-0.15, -0.1) is 0 Å². The molecule has 2 nitrogen and oxygen atoms in total. The fraction of sp³-hybridized carbons (Fsp3) is 0.690. The average Bonchev–Trinajstić information content (AvgIpc) is 3.05. The van der Waals surface area contributed by atoms with Crippen LogP contribution < -0.4 is 0 Å². The molecule has 0 spiro atoms. The SMILES string of the molecule is CC(=O)[C@@]1(C)CCC2C3CC=C4C[C@@H](OCc5ccccc5)CCC4(C)C3CCC21C. The summed E-state index contributed by atoms with van der Waals surface area (Å²) in [6.45, 7) is 9.86. The minimum Gasteiger partial charge on any atom is -0.373 e. The summed E-state index contributed by atoms with van der Waals surface area (Å²) in [4.78, 5) is 12.7. The number of ether oxygens (including phenoxy) is 1. The molecule has 0 radical (unpaired) electrons. The van der Waals surface area contributed by atoms with Crippen LogP contribution in [-0.2, 0) is 16.1 Å². The maximum absolute atomic E-state index is 12.7. The van der Waals surface area contributed by atoms with Crippen LogP contribution >= 0.6 is 0 Å². The third kappa shape index (κ3) is 3.19. The van der Waals surface area contributed by atoms with Crippen molar-refractivity contribution in [3.8, 4) is 0 Å². The smallest absolute Gasteiger partial charge is 0.136 e. The fourth-order valence-corrected chi connectivity index (χ4v) is 8.40. The highest BCUT2D eigenvalue weighted by Crippen LogP contribution is 2.69. The van der Waals surface area contributed by atoms with Crippen LogP contribution in [0.15, 0.2) is 42.0 Å². The molecule has 2 heteroatoms. The Bertz CT molecular complexity index is 872. The maximum atomic E-state index is 12.7. The molecule has 1 aromatic rings. The van der Waals surface area contributed by atoms with Gasteiger partial charge < -0.3 is 4.74 Å². The van der Waals surface area contributed by atoms with Gasteiger partial charge in [-0.05, 0) is 92.4 Å². The van der Waals surface area contributed by atoms with Gasteiger partial charge in [0.05, 0.1) is 12.7 Å². The Kier molecular flexibility index (Phi) is 5.24. The third-order valence-electron chi connectivity index (χ3n) is 10.8. The van der Waals surface area contributed by atoms with Crippen LogP contribution in [0.3, 0.4) is 0 Å². The number of allylic oxidation sites excluding steroid dienone is 1. The molecular weight excluding hydrogens is 380 g/mol. The molecule has 0 saturated heterocycles. The lowest BCUT2D eigenvalue weighted by Gasteiger charge is -2.59. The zero-order chi connectivity index (χ0) is 21.9. The zero-order valence-corrected chi connectivity index (χ0v) is 20.0. The summed E-state index contributed by atoms with van der Waals surface area (Å²) in [7, 11) is 0. The van der Waals surface area contributed by atoms with Gasteiger partial charge in [-0.2, -0.15) is 0 Å². The Labute approximate surface area is 188 Å². The molecule has 0 aliphatic heterocycles. The molecule has 1 aromatic carbocycles. The number of carbonyl (C=O) groups excluding carboxylic acids is 1. The highest BCUT2D eigenvalue weighted by Gasteiger charge is 2.63. The molecule has 7 atom stereocenters. The summed E-state index contributed by atoms with van der Waals surface area (Å²) >= 11 is 0. The number of fused-ring (bicyclic) bond motifs is 5. The first-order valence-corrected chi connectivity index (χ1v) is 12.6. The van der Waals surface area contributed by atoms with Gasteiger partial charge >= 0.3 is 0 Å². The molecule has 0 amide bonds. The number of benzene rings is 1. The average molecular weight is 421 g/mol. The van der Waals surface area contributed by atoms with E-state index in [1.54, 1.807) is 5.57 Å². The first kappa shape index (κ1) is 21.4. The zero-order valence-electron chi connectivity index (χ0n) is 20.0. The van der Waals surface area contributed by atoms with Crippen molar-refractivity contribution in [2.24, 2.45) is 34.0 Å². The molecule has 0 bridgehead atoms. The second-order valence-electron chi connectivity index (χ2n) is 11.8. The molecule has 5 unspecified atom stereocenters. The Morgan fingerprint density at radius 1 is 1.00 bits per heavy atom. The molecular formula is C29H40O2. The second kappa shape index (κ2) is 7.58. The van der Waals surface area contributed by atoms with Crippen molar-refractivity contribution in [2.75, 3.05) is 0 Å². The van der Waals surface area contributed by atoms with Crippen molar-refractivity contribution < 1.29 is 9.53 Å². The maximum Gasteiger partial charge on any atom is 0.136 e. The molecule has 0 heterocycles. The van der Waals surface area contributed by atoms with Crippen LogP contribution in [0.5, 0.6) is 0 Å². The van der Waals surface area contributed by atoms with E-state index in [1.165, 1.54) is 44.1 Å². The monoisotopic (exact) mass is 420 g/mol. The van der Waals surface area contributed by atoms with E-state index < -0.39 is 0 Å². The Balaban J connectivity index is 1.32. The van der Waals surface area contributed by atoms with Crippen LogP contribution in [0.1, 0.15) is 84.6 Å². The van der Waals surface area contributed by atoms with Gasteiger partial charge in [0, 0.05) is 5.41 Å². The van der Waals surface area contributed by atoms with Gasteiger partial charge in [0.2, 0.25) is 0 Å². The van der Waals surface area contributed by atoms with Gasteiger partial charge in [0.1, 0.15) is 5.78 Å². The van der Waals surface area contributed by atoms with E-state index in [4.69, 9.17) is 4.74 Å². The topological polar surface area (TPSA) is 26.3 Å². The Morgan fingerprint density at radius 2 is 1.74 bits per heavy atom. The molecule has 0 N–H and O–H groups in total. The predicted octanol–water partition coefficient (Wildman–Crippen LogP) is 7.13. The first-order chi connectivity index (χ1) is 14.8. The van der Waals surface area contributed by atoms with Gasteiger partial charge in [0.25, 0.3) is 0 Å². The minimum atomic E-state index is -0.115. The molecule has 168 valence electrons. The summed E-state index contributed by atoms with van der Waals surface area (Å²) in [5.74, 6) is 2.68. The number of Topliss-reactive ketones (excluding diaryl/α,β-unsaturated/α-hetero) is 1. The second-order valence-corrected chi connectivity index (χ2v) is 11.8. The van der Waals surface area contributed by atoms with Crippen molar-refractivity contribution in [3.05, 3.63) is 47.5 Å². The molecule has 4 aliphatic carbocycles. The van der Waals surface area contributed by atoms with Crippen molar-refractivity contribution >= 4 is 5.78 Å². The van der Waals surface area contributed by atoms with Gasteiger partial charge in [-0.3, -0.25) is 4.79 Å². The standard InChI is InChI=1S/C29H40O2/c1-20(30)28(3)16-14-26-24-11-10-22-18-23(31-19-21-8-6-5-7-9-21)12-15-27(22,2)25(24)13-17-29(26,28)4/h5-10,23-26H,11-19H2,1-4H3/t23-,24?,25?,26?,27?,28+,29?/m0/s1. The normalized spacial score (nSPS) is 44.1. The fourth-order valence-electron chi connectivity index (χ4n) is 8.40. The van der Waals surface area contributed by atoms with Crippen molar-refractivity contribution in [1.29, 1.82) is 0 Å². The molecule has 3 fully saturated rings. The summed E-state index contributed by atoms with van der Waals surface area (Å²) < 4.78 is 6.36. The summed E-state index contributed by atoms with van der Waals surface area (Å²) in [5, 5.41) is 0. The van der Waals surface area contributed by atoms with E-state index in [0.717, 1.165) is 31.3 Å². The number of hydrogen-bond acceptors (Lipinski definition) is 2. The minimum absolute atomic E-state index is 0.115. The summed E-state index contributed by atoms with van der Waals surface area (Å²) in [5.41, 5.74) is 3.36. The lowest BCUT2D eigenvalue weighted by Crippen LogP contribution is -2.53. The van der Waals surface area contributed by atoms with Crippen LogP contribution in [0.25, 0.3) is 0 Å². The molecule has 3 saturated carbocycles. The van der Waals surface area contributed by atoms with E-state index in [9.17, 15) is 4.79 Å². The molecule has 31 heavy (non-hydrogen) atoms. The molecule has 4 aliphatic rings. The van der Waals surface area contributed by atoms with Gasteiger partial charge in [-0.1, -0.05) is 62.8 Å². The quantitative estimate of drug-likeness (QED) is 0.484. The number of ketones is 1. The Hall–Kier alpha value is -1.41. The van der Waals surface area contributed by atoms with Crippen molar-refractivity contribution in [2.45, 2.75) is 91.8 Å². The lowest BCUT2D eigenvalue weighted by atomic mass is 9.45. The van der Waals surface area contributed by atoms with E-state index >= 15 is 0 Å². The van der Waals surface area contributed by atoms with Crippen molar-refractivity contribution in [1.82, 2.24) is 0 Å². The number of carbonyl (C=O) groups is 1. The largest absolute Gasteiger partial charge is 0.373 e. The van der Waals surface area contributed by atoms with Crippen LogP contribution in [0.4, 0.5) is 0 Å². The Morgan fingerprint density at radius 3 is 2.48 bits per heavy atom. The first-order valence-electron chi connectivity index (χ1n) is 12.6. The lowest BCUT2D eigenvalue weighted by molar-refractivity contribution is -0.138. The van der Waals surface area contributed by atoms with E-state index in [2.05, 4.69) is 57.2 Å². The molecule has 5 rings (SSSR count).